The van der Waals surface area contributed by atoms with Gasteiger partial charge in [0.2, 0.25) is 0 Å². The van der Waals surface area contributed by atoms with Gasteiger partial charge < -0.3 is 10.5 Å². The second kappa shape index (κ2) is 3.72. The normalized spacial score (nSPS) is 9.69. The quantitative estimate of drug-likeness (QED) is 0.712. The van der Waals surface area contributed by atoms with Crippen LogP contribution in [0.3, 0.4) is 0 Å². The molecular formula is C8H6F2N2O. The van der Waals surface area contributed by atoms with Gasteiger partial charge in [0.1, 0.15) is 5.75 Å². The highest BCUT2D eigenvalue weighted by Crippen LogP contribution is 2.23. The molecule has 1 rings (SSSR count). The van der Waals surface area contributed by atoms with E-state index in [0.29, 0.717) is 0 Å². The number of alkyl halides is 2. The molecule has 13 heavy (non-hydrogen) atoms. The van der Waals surface area contributed by atoms with Crippen LogP contribution in [-0.4, -0.2) is 6.61 Å². The maximum absolute atomic E-state index is 11.8. The number of nitrogen functional groups attached to an aromatic ring is 1. The number of nitriles is 1. The molecule has 0 aliphatic rings. The molecule has 5 heteroatoms. The Labute approximate surface area is 73.3 Å². The maximum Gasteiger partial charge on any atom is 0.387 e. The van der Waals surface area contributed by atoms with Crippen molar-refractivity contribution in [2.45, 2.75) is 6.61 Å². The summed E-state index contributed by atoms with van der Waals surface area (Å²) in [6.45, 7) is -2.93. The number of nitrogens with two attached hydrogens (primary N) is 1. The third kappa shape index (κ3) is 2.30. The summed E-state index contributed by atoms with van der Waals surface area (Å²) in [6, 6.07) is 5.72. The number of rotatable bonds is 2. The monoisotopic (exact) mass is 184 g/mol. The third-order valence-corrected chi connectivity index (χ3v) is 1.36. The lowest BCUT2D eigenvalue weighted by molar-refractivity contribution is -0.0493. The Balaban J connectivity index is 2.99. The van der Waals surface area contributed by atoms with Gasteiger partial charge in [0.05, 0.1) is 17.3 Å². The number of nitrogens with zero attached hydrogens (tertiary/aromatic N) is 1. The van der Waals surface area contributed by atoms with E-state index in [4.69, 9.17) is 11.0 Å². The Morgan fingerprint density at radius 2 is 2.15 bits per heavy atom. The molecule has 68 valence electrons. The molecule has 0 unspecified atom stereocenters. The molecule has 1 aromatic carbocycles. The predicted octanol–water partition coefficient (Wildman–Crippen LogP) is 1.74. The lowest BCUT2D eigenvalue weighted by atomic mass is 10.2. The highest BCUT2D eigenvalue weighted by molar-refractivity contribution is 5.55. The maximum atomic E-state index is 11.8. The van der Waals surface area contributed by atoms with Crippen molar-refractivity contribution in [3.63, 3.8) is 0 Å². The van der Waals surface area contributed by atoms with E-state index in [9.17, 15) is 8.78 Å². The fourth-order valence-electron chi connectivity index (χ4n) is 0.802. The predicted molar refractivity (Wildman–Crippen MR) is 42.2 cm³/mol. The standard InChI is InChI=1S/C8H6F2N2O/c9-8(10)13-7-3-5(4-11)1-2-6(7)12/h1-3,8H,12H2. The molecule has 0 aliphatic carbocycles. The lowest BCUT2D eigenvalue weighted by Crippen LogP contribution is -2.04. The van der Waals surface area contributed by atoms with Crippen molar-refractivity contribution in [1.29, 1.82) is 5.26 Å². The van der Waals surface area contributed by atoms with Crippen LogP contribution in [0.5, 0.6) is 5.75 Å². The summed E-state index contributed by atoms with van der Waals surface area (Å²) >= 11 is 0. The van der Waals surface area contributed by atoms with E-state index in [0.717, 1.165) is 0 Å². The van der Waals surface area contributed by atoms with Gasteiger partial charge in [-0.25, -0.2) is 0 Å². The van der Waals surface area contributed by atoms with Crippen LogP contribution in [-0.2, 0) is 0 Å². The van der Waals surface area contributed by atoms with Crippen LogP contribution in [0.2, 0.25) is 0 Å². The fraction of sp³-hybridized carbons (Fsp3) is 0.125. The second-order valence-corrected chi connectivity index (χ2v) is 2.24. The van der Waals surface area contributed by atoms with Gasteiger partial charge in [-0.2, -0.15) is 14.0 Å². The fourth-order valence-corrected chi connectivity index (χ4v) is 0.802. The second-order valence-electron chi connectivity index (χ2n) is 2.24. The summed E-state index contributed by atoms with van der Waals surface area (Å²) in [7, 11) is 0. The molecule has 0 saturated heterocycles. The smallest absolute Gasteiger partial charge is 0.387 e. The van der Waals surface area contributed by atoms with Crippen LogP contribution in [0.4, 0.5) is 14.5 Å². The van der Waals surface area contributed by atoms with E-state index in [1.54, 1.807) is 6.07 Å². The first-order valence-electron chi connectivity index (χ1n) is 3.38. The topological polar surface area (TPSA) is 59.0 Å². The van der Waals surface area contributed by atoms with Gasteiger partial charge in [0, 0.05) is 6.07 Å². The number of anilines is 1. The average Bonchev–Trinajstić information content (AvgIpc) is 2.08. The molecule has 0 bridgehead atoms. The Kier molecular flexibility index (Phi) is 2.65. The number of benzene rings is 1. The van der Waals surface area contributed by atoms with E-state index in [2.05, 4.69) is 4.74 Å². The van der Waals surface area contributed by atoms with Gasteiger partial charge in [-0.3, -0.25) is 0 Å². The van der Waals surface area contributed by atoms with Crippen LogP contribution in [0.25, 0.3) is 0 Å². The van der Waals surface area contributed by atoms with E-state index >= 15 is 0 Å². The van der Waals surface area contributed by atoms with Crippen molar-refractivity contribution in [3.05, 3.63) is 23.8 Å². The van der Waals surface area contributed by atoms with Crippen molar-refractivity contribution in [3.8, 4) is 11.8 Å². The van der Waals surface area contributed by atoms with Gasteiger partial charge in [0.15, 0.2) is 0 Å². The van der Waals surface area contributed by atoms with Crippen LogP contribution >= 0.6 is 0 Å². The zero-order valence-electron chi connectivity index (χ0n) is 6.50. The summed E-state index contributed by atoms with van der Waals surface area (Å²) in [5.41, 5.74) is 5.63. The summed E-state index contributed by atoms with van der Waals surface area (Å²) in [5.74, 6) is -0.172. The summed E-state index contributed by atoms with van der Waals surface area (Å²) in [4.78, 5) is 0. The van der Waals surface area contributed by atoms with Crippen molar-refractivity contribution >= 4 is 5.69 Å². The van der Waals surface area contributed by atoms with Crippen molar-refractivity contribution in [2.24, 2.45) is 0 Å². The van der Waals surface area contributed by atoms with Crippen LogP contribution < -0.4 is 10.5 Å². The molecule has 2 N–H and O–H groups in total. The zero-order valence-corrected chi connectivity index (χ0v) is 6.50. The zero-order chi connectivity index (χ0) is 9.84. The largest absolute Gasteiger partial charge is 0.433 e. The van der Waals surface area contributed by atoms with E-state index in [1.165, 1.54) is 18.2 Å². The first-order chi connectivity index (χ1) is 6.13. The van der Waals surface area contributed by atoms with Crippen LogP contribution in [0.1, 0.15) is 5.56 Å². The Morgan fingerprint density at radius 1 is 1.46 bits per heavy atom. The molecule has 0 radical (unpaired) electrons. The van der Waals surface area contributed by atoms with Crippen LogP contribution in [0, 0.1) is 11.3 Å². The lowest BCUT2D eigenvalue weighted by Gasteiger charge is -2.06. The Morgan fingerprint density at radius 3 is 2.69 bits per heavy atom. The minimum atomic E-state index is -2.93. The Hall–Kier alpha value is -1.83. The molecule has 0 spiro atoms. The third-order valence-electron chi connectivity index (χ3n) is 1.36. The molecule has 0 aromatic heterocycles. The van der Waals surface area contributed by atoms with E-state index in [1.807, 2.05) is 0 Å². The van der Waals surface area contributed by atoms with Crippen LogP contribution in [0.15, 0.2) is 18.2 Å². The number of ether oxygens (including phenoxy) is 1. The van der Waals surface area contributed by atoms with E-state index < -0.39 is 6.61 Å². The number of hydrogen-bond donors (Lipinski definition) is 1. The molecule has 0 aliphatic heterocycles. The van der Waals surface area contributed by atoms with Gasteiger partial charge in [-0.15, -0.1) is 0 Å². The number of hydrogen-bond acceptors (Lipinski definition) is 3. The van der Waals surface area contributed by atoms with Gasteiger partial charge in [-0.05, 0) is 12.1 Å². The average molecular weight is 184 g/mol. The van der Waals surface area contributed by atoms with Gasteiger partial charge in [-0.1, -0.05) is 0 Å². The van der Waals surface area contributed by atoms with Gasteiger partial charge >= 0.3 is 6.61 Å². The molecule has 3 nitrogen and oxygen atoms in total. The molecule has 0 heterocycles. The summed E-state index contributed by atoms with van der Waals surface area (Å²) < 4.78 is 27.6. The van der Waals surface area contributed by atoms with Crippen molar-refractivity contribution in [2.75, 3.05) is 5.73 Å². The summed E-state index contributed by atoms with van der Waals surface area (Å²) in [6.07, 6.45) is 0. The molecule has 0 fully saturated rings. The highest BCUT2D eigenvalue weighted by atomic mass is 19.3. The molecule has 0 saturated carbocycles. The minimum absolute atomic E-state index is 0.0827. The molecule has 1 aromatic rings. The molecule has 0 atom stereocenters. The Bertz CT molecular complexity index is 346. The minimum Gasteiger partial charge on any atom is -0.433 e. The van der Waals surface area contributed by atoms with E-state index in [-0.39, 0.29) is 17.0 Å². The van der Waals surface area contributed by atoms with Crippen molar-refractivity contribution < 1.29 is 13.5 Å². The molecule has 0 amide bonds. The highest BCUT2D eigenvalue weighted by Gasteiger charge is 2.08. The SMILES string of the molecule is N#Cc1ccc(N)c(OC(F)F)c1. The first-order valence-corrected chi connectivity index (χ1v) is 3.38. The van der Waals surface area contributed by atoms with Gasteiger partial charge in [0.25, 0.3) is 0 Å². The molecular weight excluding hydrogens is 178 g/mol. The van der Waals surface area contributed by atoms with Crippen molar-refractivity contribution in [1.82, 2.24) is 0 Å². The number of halogens is 2. The summed E-state index contributed by atoms with van der Waals surface area (Å²) in [5, 5.41) is 8.45. The first kappa shape index (κ1) is 9.26.